The second kappa shape index (κ2) is 8.70. The van der Waals surface area contributed by atoms with Gasteiger partial charge in [0, 0.05) is 32.1 Å². The molecule has 1 fully saturated rings. The number of piperidine rings is 1. The van der Waals surface area contributed by atoms with E-state index in [1.165, 1.54) is 18.4 Å². The van der Waals surface area contributed by atoms with Crippen molar-refractivity contribution in [1.82, 2.24) is 9.80 Å². The molecule has 1 aliphatic heterocycles. The largest absolute Gasteiger partial charge is 0.496 e. The lowest BCUT2D eigenvalue weighted by molar-refractivity contribution is -0.138. The van der Waals surface area contributed by atoms with Crippen molar-refractivity contribution in [3.8, 4) is 5.75 Å². The van der Waals surface area contributed by atoms with E-state index >= 15 is 0 Å². The van der Waals surface area contributed by atoms with Crippen LogP contribution in [0.25, 0.3) is 0 Å². The Bertz CT molecular complexity index is 565. The maximum absolute atomic E-state index is 12.4. The number of hydrogen-bond acceptors (Lipinski definition) is 3. The van der Waals surface area contributed by atoms with E-state index in [9.17, 15) is 4.79 Å². The van der Waals surface area contributed by atoms with Crippen molar-refractivity contribution >= 4 is 5.91 Å². The summed E-state index contributed by atoms with van der Waals surface area (Å²) in [6.45, 7) is 10.1. The number of ether oxygens (including phenoxy) is 1. The highest BCUT2D eigenvalue weighted by Crippen LogP contribution is 2.23. The predicted molar refractivity (Wildman–Crippen MR) is 103 cm³/mol. The summed E-state index contributed by atoms with van der Waals surface area (Å²) >= 11 is 0. The van der Waals surface area contributed by atoms with Crippen LogP contribution in [0.3, 0.4) is 0 Å². The summed E-state index contributed by atoms with van der Waals surface area (Å²) in [6.07, 6.45) is 3.44. The summed E-state index contributed by atoms with van der Waals surface area (Å²) in [5.41, 5.74) is 0.972. The zero-order chi connectivity index (χ0) is 18.4. The Hall–Kier alpha value is -1.55. The third kappa shape index (κ3) is 5.74. The van der Waals surface area contributed by atoms with Crippen LogP contribution in [0.2, 0.25) is 0 Å². The van der Waals surface area contributed by atoms with Crippen molar-refractivity contribution in [2.24, 2.45) is 11.3 Å². The van der Waals surface area contributed by atoms with Crippen molar-refractivity contribution in [3.05, 3.63) is 29.8 Å². The number of likely N-dealkylation sites (tertiary alicyclic amines) is 1. The molecule has 140 valence electrons. The Kier molecular flexibility index (Phi) is 6.88. The third-order valence-corrected chi connectivity index (χ3v) is 5.01. The van der Waals surface area contributed by atoms with Crippen LogP contribution in [0.4, 0.5) is 0 Å². The fourth-order valence-corrected chi connectivity index (χ4v) is 3.73. The number of carbonyl (C=O) groups excluding carboxylic acids is 1. The van der Waals surface area contributed by atoms with Gasteiger partial charge >= 0.3 is 0 Å². The van der Waals surface area contributed by atoms with Gasteiger partial charge < -0.3 is 14.5 Å². The van der Waals surface area contributed by atoms with Gasteiger partial charge in [0.15, 0.2) is 0 Å². The van der Waals surface area contributed by atoms with Crippen molar-refractivity contribution in [1.29, 1.82) is 0 Å². The van der Waals surface area contributed by atoms with Gasteiger partial charge in [0.1, 0.15) is 5.75 Å². The lowest BCUT2D eigenvalue weighted by atomic mass is 9.92. The molecule has 0 radical (unpaired) electrons. The van der Waals surface area contributed by atoms with Crippen LogP contribution >= 0.6 is 0 Å². The molecule has 1 aliphatic rings. The zero-order valence-corrected chi connectivity index (χ0v) is 16.5. The second-order valence-corrected chi connectivity index (χ2v) is 8.31. The standard InChI is InChI=1S/C21H34N2O2/c1-21(2,3)20(24)22(4)15-17-9-8-13-23(16-17)14-12-18-10-6-7-11-19(18)25-5/h6-7,10-11,17H,8-9,12-16H2,1-5H3/t17-/m1/s1. The topological polar surface area (TPSA) is 32.8 Å². The first kappa shape index (κ1) is 19.8. The predicted octanol–water partition coefficient (Wildman–Crippen LogP) is 3.45. The van der Waals surface area contributed by atoms with Gasteiger partial charge in [-0.15, -0.1) is 0 Å². The number of benzene rings is 1. The Balaban J connectivity index is 1.85. The Morgan fingerprint density at radius 3 is 2.72 bits per heavy atom. The molecule has 0 N–H and O–H groups in total. The van der Waals surface area contributed by atoms with Crippen LogP contribution in [0.5, 0.6) is 5.75 Å². The molecule has 1 saturated heterocycles. The number of amides is 1. The molecule has 0 saturated carbocycles. The molecular weight excluding hydrogens is 312 g/mol. The van der Waals surface area contributed by atoms with E-state index in [1.807, 2.05) is 44.9 Å². The summed E-state index contributed by atoms with van der Waals surface area (Å²) < 4.78 is 5.45. The molecule has 1 heterocycles. The molecule has 0 bridgehead atoms. The maximum atomic E-state index is 12.4. The molecule has 0 aliphatic carbocycles. The highest BCUT2D eigenvalue weighted by atomic mass is 16.5. The highest BCUT2D eigenvalue weighted by molar-refractivity contribution is 5.81. The zero-order valence-electron chi connectivity index (χ0n) is 16.5. The van der Waals surface area contributed by atoms with Gasteiger partial charge in [0.05, 0.1) is 7.11 Å². The first-order chi connectivity index (χ1) is 11.8. The summed E-state index contributed by atoms with van der Waals surface area (Å²) in [5, 5.41) is 0. The molecule has 0 unspecified atom stereocenters. The molecule has 1 aromatic carbocycles. The molecule has 1 aromatic rings. The minimum Gasteiger partial charge on any atom is -0.496 e. The average Bonchev–Trinajstić information content (AvgIpc) is 2.59. The normalized spacial score (nSPS) is 18.8. The molecule has 4 nitrogen and oxygen atoms in total. The van der Waals surface area contributed by atoms with E-state index < -0.39 is 0 Å². The van der Waals surface area contributed by atoms with E-state index in [0.29, 0.717) is 5.92 Å². The smallest absolute Gasteiger partial charge is 0.227 e. The van der Waals surface area contributed by atoms with Gasteiger partial charge in [0.25, 0.3) is 0 Å². The van der Waals surface area contributed by atoms with Crippen LogP contribution in [0, 0.1) is 11.3 Å². The SMILES string of the molecule is COc1ccccc1CCN1CCC[C@H](CN(C)C(=O)C(C)(C)C)C1. The summed E-state index contributed by atoms with van der Waals surface area (Å²) in [5.74, 6) is 1.79. The van der Waals surface area contributed by atoms with Crippen LogP contribution in [-0.4, -0.2) is 56.0 Å². The molecule has 0 aromatic heterocycles. The van der Waals surface area contributed by atoms with Gasteiger partial charge in [0.2, 0.25) is 5.91 Å². The van der Waals surface area contributed by atoms with Gasteiger partial charge in [-0.2, -0.15) is 0 Å². The number of carbonyl (C=O) groups is 1. The number of nitrogens with zero attached hydrogens (tertiary/aromatic N) is 2. The lowest BCUT2D eigenvalue weighted by Gasteiger charge is -2.36. The van der Waals surface area contributed by atoms with E-state index in [0.717, 1.165) is 38.3 Å². The minimum absolute atomic E-state index is 0.235. The monoisotopic (exact) mass is 346 g/mol. The number of methoxy groups -OCH3 is 1. The highest BCUT2D eigenvalue weighted by Gasteiger charge is 2.28. The number of rotatable bonds is 6. The Labute approximate surface area is 153 Å². The molecular formula is C21H34N2O2. The maximum Gasteiger partial charge on any atom is 0.227 e. The van der Waals surface area contributed by atoms with E-state index in [-0.39, 0.29) is 11.3 Å². The molecule has 25 heavy (non-hydrogen) atoms. The van der Waals surface area contributed by atoms with Gasteiger partial charge in [-0.05, 0) is 43.4 Å². The lowest BCUT2D eigenvalue weighted by Crippen LogP contribution is -2.44. The van der Waals surface area contributed by atoms with Gasteiger partial charge in [-0.3, -0.25) is 4.79 Å². The van der Waals surface area contributed by atoms with Gasteiger partial charge in [-0.1, -0.05) is 39.0 Å². The van der Waals surface area contributed by atoms with E-state index in [2.05, 4.69) is 17.0 Å². The Morgan fingerprint density at radius 2 is 2.04 bits per heavy atom. The van der Waals surface area contributed by atoms with Crippen LogP contribution < -0.4 is 4.74 Å². The van der Waals surface area contributed by atoms with Crippen molar-refractivity contribution in [3.63, 3.8) is 0 Å². The fraction of sp³-hybridized carbons (Fsp3) is 0.667. The second-order valence-electron chi connectivity index (χ2n) is 8.31. The van der Waals surface area contributed by atoms with Crippen molar-refractivity contribution < 1.29 is 9.53 Å². The quantitative estimate of drug-likeness (QED) is 0.791. The molecule has 1 atom stereocenters. The van der Waals surface area contributed by atoms with Crippen LogP contribution in [-0.2, 0) is 11.2 Å². The van der Waals surface area contributed by atoms with Crippen LogP contribution in [0.15, 0.2) is 24.3 Å². The first-order valence-corrected chi connectivity index (χ1v) is 9.41. The number of para-hydroxylation sites is 1. The minimum atomic E-state index is -0.299. The van der Waals surface area contributed by atoms with Gasteiger partial charge in [-0.25, -0.2) is 0 Å². The third-order valence-electron chi connectivity index (χ3n) is 5.01. The summed E-state index contributed by atoms with van der Waals surface area (Å²) in [6, 6.07) is 8.27. The summed E-state index contributed by atoms with van der Waals surface area (Å²) in [7, 11) is 3.68. The summed E-state index contributed by atoms with van der Waals surface area (Å²) in [4.78, 5) is 16.9. The van der Waals surface area contributed by atoms with Crippen molar-refractivity contribution in [2.75, 3.05) is 40.3 Å². The van der Waals surface area contributed by atoms with Crippen LogP contribution in [0.1, 0.15) is 39.2 Å². The average molecular weight is 347 g/mol. The van der Waals surface area contributed by atoms with E-state index in [1.54, 1.807) is 7.11 Å². The first-order valence-electron chi connectivity index (χ1n) is 9.41. The van der Waals surface area contributed by atoms with Crippen molar-refractivity contribution in [2.45, 2.75) is 40.0 Å². The molecule has 1 amide bonds. The molecule has 0 spiro atoms. The fourth-order valence-electron chi connectivity index (χ4n) is 3.73. The molecule has 4 heteroatoms. The number of hydrogen-bond donors (Lipinski definition) is 0. The molecule has 2 rings (SSSR count). The Morgan fingerprint density at radius 1 is 1.32 bits per heavy atom. The van der Waals surface area contributed by atoms with E-state index in [4.69, 9.17) is 4.74 Å².